The number of fused-ring (bicyclic) bond motifs is 5. The third-order valence-corrected chi connectivity index (χ3v) is 9.09. The molecular weight excluding hydrogens is 448 g/mol. The fraction of sp³-hybridized carbons (Fsp3) is 0.375. The van der Waals surface area contributed by atoms with E-state index in [0.717, 1.165) is 38.5 Å². The maximum atomic E-state index is 12.8. The topological polar surface area (TPSA) is 52.6 Å². The van der Waals surface area contributed by atoms with Crippen LogP contribution in [0.25, 0.3) is 0 Å². The summed E-state index contributed by atoms with van der Waals surface area (Å²) in [5, 5.41) is 0. The van der Waals surface area contributed by atoms with Crippen molar-refractivity contribution in [3.05, 3.63) is 101 Å². The molecule has 0 bridgehead atoms. The average Bonchev–Trinajstić information content (AvgIpc) is 3.25. The molecule has 0 aliphatic heterocycles. The molecule has 0 unspecified atom stereocenters. The zero-order chi connectivity index (χ0) is 24.7. The molecule has 3 aromatic carbocycles. The molecule has 36 heavy (non-hydrogen) atoms. The molecule has 2 saturated carbocycles. The van der Waals surface area contributed by atoms with Crippen molar-refractivity contribution in [2.75, 3.05) is 0 Å². The summed E-state index contributed by atoms with van der Waals surface area (Å²) < 4.78 is 11.8. The summed E-state index contributed by atoms with van der Waals surface area (Å²) in [6.45, 7) is 2.35. The maximum absolute atomic E-state index is 12.8. The monoisotopic (exact) mass is 480 g/mol. The number of hydrogen-bond acceptors (Lipinski definition) is 4. The van der Waals surface area contributed by atoms with Gasteiger partial charge in [-0.05, 0) is 104 Å². The summed E-state index contributed by atoms with van der Waals surface area (Å²) in [6, 6.07) is 24.7. The molecule has 0 amide bonds. The summed E-state index contributed by atoms with van der Waals surface area (Å²) in [6.07, 6.45) is 6.35. The first-order valence-corrected chi connectivity index (χ1v) is 13.2. The Hall–Kier alpha value is -3.40. The Bertz CT molecular complexity index is 1270. The minimum atomic E-state index is -0.320. The van der Waals surface area contributed by atoms with Gasteiger partial charge in [0.05, 0.1) is 11.1 Å². The summed E-state index contributed by atoms with van der Waals surface area (Å²) in [7, 11) is 0. The van der Waals surface area contributed by atoms with Crippen LogP contribution in [0.15, 0.2) is 78.9 Å². The lowest BCUT2D eigenvalue weighted by molar-refractivity contribution is -0.0427. The van der Waals surface area contributed by atoms with E-state index in [-0.39, 0.29) is 23.5 Å². The van der Waals surface area contributed by atoms with E-state index in [0.29, 0.717) is 34.6 Å². The van der Waals surface area contributed by atoms with E-state index in [1.54, 1.807) is 12.1 Å². The van der Waals surface area contributed by atoms with E-state index in [9.17, 15) is 9.59 Å². The van der Waals surface area contributed by atoms with Crippen LogP contribution in [-0.2, 0) is 11.2 Å². The van der Waals surface area contributed by atoms with Gasteiger partial charge in [0, 0.05) is 5.41 Å². The molecule has 0 heterocycles. The van der Waals surface area contributed by atoms with Crippen LogP contribution in [0.3, 0.4) is 0 Å². The molecule has 3 aliphatic rings. The van der Waals surface area contributed by atoms with Crippen LogP contribution in [0.4, 0.5) is 0 Å². The highest BCUT2D eigenvalue weighted by Gasteiger charge is 2.56. The lowest BCUT2D eigenvalue weighted by atomic mass is 9.55. The van der Waals surface area contributed by atoms with Gasteiger partial charge in [0.1, 0.15) is 11.9 Å². The van der Waals surface area contributed by atoms with Gasteiger partial charge in [-0.15, -0.1) is 0 Å². The first kappa shape index (κ1) is 23.0. The normalized spacial score (nSPS) is 28.4. The lowest BCUT2D eigenvalue weighted by Gasteiger charge is -2.50. The van der Waals surface area contributed by atoms with E-state index in [2.05, 4.69) is 19.1 Å². The molecule has 3 aromatic rings. The summed E-state index contributed by atoms with van der Waals surface area (Å²) >= 11 is 0. The van der Waals surface area contributed by atoms with Crippen molar-refractivity contribution in [1.82, 2.24) is 0 Å². The van der Waals surface area contributed by atoms with Crippen LogP contribution < -0.4 is 4.74 Å². The summed E-state index contributed by atoms with van der Waals surface area (Å²) in [4.78, 5) is 25.3. The van der Waals surface area contributed by atoms with Crippen molar-refractivity contribution in [2.24, 2.45) is 17.3 Å². The quantitative estimate of drug-likeness (QED) is 0.298. The van der Waals surface area contributed by atoms with Crippen LogP contribution in [0.1, 0.15) is 76.8 Å². The van der Waals surface area contributed by atoms with Crippen LogP contribution in [0, 0.1) is 17.3 Å². The maximum Gasteiger partial charge on any atom is 0.343 e. The molecule has 0 saturated heterocycles. The van der Waals surface area contributed by atoms with Gasteiger partial charge in [-0.25, -0.2) is 9.59 Å². The van der Waals surface area contributed by atoms with Crippen molar-refractivity contribution in [3.63, 3.8) is 0 Å². The van der Waals surface area contributed by atoms with E-state index in [1.807, 2.05) is 54.6 Å². The number of carbonyl (C=O) groups excluding carboxylic acids is 2. The third kappa shape index (κ3) is 4.03. The van der Waals surface area contributed by atoms with Gasteiger partial charge in [0.25, 0.3) is 0 Å². The molecular formula is C32H32O4. The van der Waals surface area contributed by atoms with Crippen LogP contribution in [0.2, 0.25) is 0 Å². The minimum Gasteiger partial charge on any atom is -0.458 e. The van der Waals surface area contributed by atoms with Crippen LogP contribution >= 0.6 is 0 Å². The molecule has 4 heteroatoms. The molecule has 0 aromatic heterocycles. The number of hydrogen-bond donors (Lipinski definition) is 0. The van der Waals surface area contributed by atoms with Crippen molar-refractivity contribution in [2.45, 2.75) is 57.5 Å². The van der Waals surface area contributed by atoms with Crippen LogP contribution in [0.5, 0.6) is 5.75 Å². The molecule has 5 atom stereocenters. The zero-order valence-electron chi connectivity index (χ0n) is 20.7. The van der Waals surface area contributed by atoms with E-state index in [1.165, 1.54) is 11.1 Å². The Labute approximate surface area is 212 Å². The molecule has 3 aliphatic carbocycles. The fourth-order valence-electron chi connectivity index (χ4n) is 7.28. The Kier molecular flexibility index (Phi) is 5.91. The Balaban J connectivity index is 1.17. The number of benzene rings is 3. The summed E-state index contributed by atoms with van der Waals surface area (Å²) in [5.41, 5.74) is 3.95. The lowest BCUT2D eigenvalue weighted by Crippen LogP contribution is -2.45. The van der Waals surface area contributed by atoms with Gasteiger partial charge in [-0.3, -0.25) is 0 Å². The predicted molar refractivity (Wildman–Crippen MR) is 138 cm³/mol. The average molecular weight is 481 g/mol. The van der Waals surface area contributed by atoms with Gasteiger partial charge >= 0.3 is 11.9 Å². The predicted octanol–water partition coefficient (Wildman–Crippen LogP) is 6.99. The largest absolute Gasteiger partial charge is 0.458 e. The standard InChI is InChI=1S/C32H32O4/c1-32-19-18-26-25-15-13-24(35-30(33)21-8-4-2-5-9-21)20-23(25)12-14-27(26)28(32)16-17-29(32)36-31(34)22-10-6-3-7-11-22/h2-11,13,15,20,26-29H,12,14,16-19H2,1H3/t26-,27-,28+,29+,32+/m1/s1. The number of ether oxygens (including phenoxy) is 2. The van der Waals surface area contributed by atoms with Gasteiger partial charge in [-0.1, -0.05) is 49.4 Å². The van der Waals surface area contributed by atoms with E-state index in [4.69, 9.17) is 9.47 Å². The highest BCUT2D eigenvalue weighted by Crippen LogP contribution is 2.61. The Morgan fingerprint density at radius 1 is 0.806 bits per heavy atom. The van der Waals surface area contributed by atoms with Crippen LogP contribution in [-0.4, -0.2) is 18.0 Å². The van der Waals surface area contributed by atoms with Gasteiger partial charge in [-0.2, -0.15) is 0 Å². The SMILES string of the molecule is C[C@]12CC[C@@H]3c4ccc(OC(=O)c5ccccc5)cc4CC[C@H]3[C@@H]1CC[C@@H]2OC(=O)c1ccccc1. The van der Waals surface area contributed by atoms with Crippen molar-refractivity contribution < 1.29 is 19.1 Å². The second-order valence-electron chi connectivity index (χ2n) is 10.9. The molecule has 4 nitrogen and oxygen atoms in total. The van der Waals surface area contributed by atoms with Crippen molar-refractivity contribution in [3.8, 4) is 5.75 Å². The van der Waals surface area contributed by atoms with Crippen molar-refractivity contribution in [1.29, 1.82) is 0 Å². The first-order chi connectivity index (χ1) is 17.5. The van der Waals surface area contributed by atoms with E-state index >= 15 is 0 Å². The number of carbonyl (C=O) groups is 2. The van der Waals surface area contributed by atoms with Crippen molar-refractivity contribution >= 4 is 11.9 Å². The van der Waals surface area contributed by atoms with Gasteiger partial charge in [0.2, 0.25) is 0 Å². The number of aryl methyl sites for hydroxylation is 1. The van der Waals surface area contributed by atoms with Gasteiger partial charge in [0.15, 0.2) is 0 Å². The zero-order valence-corrected chi connectivity index (χ0v) is 20.7. The molecule has 0 radical (unpaired) electrons. The minimum absolute atomic E-state index is 0.0164. The Morgan fingerprint density at radius 2 is 1.50 bits per heavy atom. The number of rotatable bonds is 4. The second-order valence-corrected chi connectivity index (χ2v) is 10.9. The Morgan fingerprint density at radius 3 is 2.22 bits per heavy atom. The third-order valence-electron chi connectivity index (χ3n) is 9.09. The van der Waals surface area contributed by atoms with Gasteiger partial charge < -0.3 is 9.47 Å². The second kappa shape index (κ2) is 9.24. The highest BCUT2D eigenvalue weighted by molar-refractivity contribution is 5.91. The molecule has 2 fully saturated rings. The summed E-state index contributed by atoms with van der Waals surface area (Å²) in [5.74, 6) is 1.79. The van der Waals surface area contributed by atoms with E-state index < -0.39 is 0 Å². The first-order valence-electron chi connectivity index (χ1n) is 13.2. The number of esters is 2. The molecule has 0 spiro atoms. The molecule has 6 rings (SSSR count). The molecule has 184 valence electrons. The molecule has 0 N–H and O–H groups in total. The smallest absolute Gasteiger partial charge is 0.343 e. The fourth-order valence-corrected chi connectivity index (χ4v) is 7.28. The highest BCUT2D eigenvalue weighted by atomic mass is 16.5.